The van der Waals surface area contributed by atoms with Crippen molar-refractivity contribution in [2.75, 3.05) is 20.1 Å². The summed E-state index contributed by atoms with van der Waals surface area (Å²) in [7, 11) is 1.97. The van der Waals surface area contributed by atoms with Crippen LogP contribution in [0.4, 0.5) is 5.69 Å². The minimum absolute atomic E-state index is 0. The Morgan fingerprint density at radius 2 is 1.95 bits per heavy atom. The number of nitro groups is 1. The summed E-state index contributed by atoms with van der Waals surface area (Å²) >= 11 is 0. The molecule has 0 aliphatic heterocycles. The predicted molar refractivity (Wildman–Crippen MR) is 84.2 cm³/mol. The van der Waals surface area contributed by atoms with E-state index in [-0.39, 0.29) is 34.5 Å². The maximum absolute atomic E-state index is 11.1. The Balaban J connectivity index is 0.00000361. The normalized spacial score (nSPS) is 12.9. The highest BCUT2D eigenvalue weighted by Gasteiger charge is 2.25. The fourth-order valence-electron chi connectivity index (χ4n) is 2.12. The van der Waals surface area contributed by atoms with Crippen molar-refractivity contribution in [1.29, 1.82) is 0 Å². The lowest BCUT2D eigenvalue weighted by Crippen LogP contribution is -2.38. The molecule has 20 heavy (non-hydrogen) atoms. The SMILES string of the molecule is CC(c1ccccc1[N+](=O)[O-])N(C)CC(C)(C)CN.Cl. The van der Waals surface area contributed by atoms with Crippen LogP contribution < -0.4 is 5.73 Å². The molecule has 0 heterocycles. The molecule has 5 nitrogen and oxygen atoms in total. The van der Waals surface area contributed by atoms with E-state index in [1.54, 1.807) is 12.1 Å². The van der Waals surface area contributed by atoms with Gasteiger partial charge < -0.3 is 5.73 Å². The minimum Gasteiger partial charge on any atom is -0.330 e. The number of nitro benzene ring substituents is 1. The van der Waals surface area contributed by atoms with E-state index in [1.807, 2.05) is 26.1 Å². The molecule has 0 radical (unpaired) electrons. The quantitative estimate of drug-likeness (QED) is 0.647. The molecule has 0 saturated carbocycles. The van der Waals surface area contributed by atoms with Crippen molar-refractivity contribution >= 4 is 18.1 Å². The van der Waals surface area contributed by atoms with Gasteiger partial charge in [0.1, 0.15) is 0 Å². The van der Waals surface area contributed by atoms with Gasteiger partial charge in [0.05, 0.1) is 4.92 Å². The third-order valence-corrected chi connectivity index (χ3v) is 3.47. The van der Waals surface area contributed by atoms with Crippen LogP contribution in [0, 0.1) is 15.5 Å². The Labute approximate surface area is 126 Å². The zero-order chi connectivity index (χ0) is 14.6. The summed E-state index contributed by atoms with van der Waals surface area (Å²) in [5.41, 5.74) is 6.64. The molecule has 0 bridgehead atoms. The molecule has 0 aliphatic carbocycles. The summed E-state index contributed by atoms with van der Waals surface area (Å²) in [5, 5.41) is 11.1. The number of nitrogens with zero attached hydrogens (tertiary/aromatic N) is 2. The summed E-state index contributed by atoms with van der Waals surface area (Å²) in [6, 6.07) is 6.87. The summed E-state index contributed by atoms with van der Waals surface area (Å²) in [6.07, 6.45) is 0. The molecule has 0 fully saturated rings. The number of nitrogens with two attached hydrogens (primary N) is 1. The van der Waals surface area contributed by atoms with Gasteiger partial charge in [-0.05, 0) is 25.9 Å². The standard InChI is InChI=1S/C14H23N3O2.ClH/c1-11(16(4)10-14(2,3)9-15)12-7-5-6-8-13(12)17(18)19;/h5-8,11H,9-10,15H2,1-4H3;1H. The summed E-state index contributed by atoms with van der Waals surface area (Å²) in [6.45, 7) is 7.54. The Hall–Kier alpha value is -1.17. The fraction of sp³-hybridized carbons (Fsp3) is 0.571. The van der Waals surface area contributed by atoms with Crippen LogP contribution in [0.25, 0.3) is 0 Å². The molecule has 1 rings (SSSR count). The highest BCUT2D eigenvalue weighted by Crippen LogP contribution is 2.29. The van der Waals surface area contributed by atoms with Crippen molar-refractivity contribution in [3.8, 4) is 0 Å². The monoisotopic (exact) mass is 301 g/mol. The van der Waals surface area contributed by atoms with Crippen LogP contribution in [0.1, 0.15) is 32.4 Å². The van der Waals surface area contributed by atoms with Gasteiger partial charge in [-0.25, -0.2) is 0 Å². The Bertz CT molecular complexity index is 452. The van der Waals surface area contributed by atoms with E-state index in [2.05, 4.69) is 18.7 Å². The summed E-state index contributed by atoms with van der Waals surface area (Å²) < 4.78 is 0. The smallest absolute Gasteiger partial charge is 0.274 e. The van der Waals surface area contributed by atoms with Gasteiger partial charge >= 0.3 is 0 Å². The number of benzene rings is 1. The first-order valence-corrected chi connectivity index (χ1v) is 6.42. The molecule has 1 unspecified atom stereocenters. The van der Waals surface area contributed by atoms with Gasteiger partial charge in [-0.15, -0.1) is 12.4 Å². The molecule has 0 aromatic heterocycles. The first-order chi connectivity index (χ1) is 8.78. The highest BCUT2D eigenvalue weighted by atomic mass is 35.5. The first-order valence-electron chi connectivity index (χ1n) is 6.42. The van der Waals surface area contributed by atoms with Gasteiger partial charge in [-0.2, -0.15) is 0 Å². The van der Waals surface area contributed by atoms with E-state index in [4.69, 9.17) is 5.73 Å². The van der Waals surface area contributed by atoms with E-state index >= 15 is 0 Å². The van der Waals surface area contributed by atoms with E-state index < -0.39 is 0 Å². The van der Waals surface area contributed by atoms with Crippen LogP contribution in [0.15, 0.2) is 24.3 Å². The molecule has 1 aromatic rings. The second-order valence-electron chi connectivity index (χ2n) is 5.78. The Kier molecular flexibility index (Phi) is 7.13. The summed E-state index contributed by atoms with van der Waals surface area (Å²) in [5.74, 6) is 0. The lowest BCUT2D eigenvalue weighted by Gasteiger charge is -2.33. The van der Waals surface area contributed by atoms with Crippen LogP contribution in [0.5, 0.6) is 0 Å². The summed E-state index contributed by atoms with van der Waals surface area (Å²) in [4.78, 5) is 12.8. The van der Waals surface area contributed by atoms with E-state index in [9.17, 15) is 10.1 Å². The van der Waals surface area contributed by atoms with Crippen molar-refractivity contribution in [3.63, 3.8) is 0 Å². The molecule has 2 N–H and O–H groups in total. The van der Waals surface area contributed by atoms with Crippen LogP contribution in [-0.2, 0) is 0 Å². The largest absolute Gasteiger partial charge is 0.330 e. The molecular formula is C14H24ClN3O2. The van der Waals surface area contributed by atoms with Crippen LogP contribution >= 0.6 is 12.4 Å². The maximum atomic E-state index is 11.1. The van der Waals surface area contributed by atoms with Crippen molar-refractivity contribution in [2.24, 2.45) is 11.1 Å². The molecule has 6 heteroatoms. The molecule has 0 aliphatic rings. The minimum atomic E-state index is -0.326. The Morgan fingerprint density at radius 3 is 2.45 bits per heavy atom. The van der Waals surface area contributed by atoms with Crippen LogP contribution in [0.3, 0.4) is 0 Å². The number of para-hydroxylation sites is 1. The van der Waals surface area contributed by atoms with Gasteiger partial charge in [0, 0.05) is 24.2 Å². The molecular weight excluding hydrogens is 278 g/mol. The molecule has 0 amide bonds. The second-order valence-corrected chi connectivity index (χ2v) is 5.78. The number of hydrogen-bond donors (Lipinski definition) is 1. The average Bonchev–Trinajstić information content (AvgIpc) is 2.37. The van der Waals surface area contributed by atoms with Crippen LogP contribution in [0.2, 0.25) is 0 Å². The fourth-order valence-corrected chi connectivity index (χ4v) is 2.12. The van der Waals surface area contributed by atoms with Gasteiger partial charge in [-0.1, -0.05) is 32.0 Å². The molecule has 1 aromatic carbocycles. The molecule has 0 saturated heterocycles. The third kappa shape index (κ3) is 4.74. The van der Waals surface area contributed by atoms with E-state index in [0.29, 0.717) is 6.54 Å². The zero-order valence-electron chi connectivity index (χ0n) is 12.5. The third-order valence-electron chi connectivity index (χ3n) is 3.47. The lowest BCUT2D eigenvalue weighted by atomic mass is 9.92. The maximum Gasteiger partial charge on any atom is 0.274 e. The molecule has 0 spiro atoms. The van der Waals surface area contributed by atoms with Gasteiger partial charge in [0.25, 0.3) is 5.69 Å². The van der Waals surface area contributed by atoms with Crippen molar-refractivity contribution in [1.82, 2.24) is 4.90 Å². The van der Waals surface area contributed by atoms with Gasteiger partial charge in [-0.3, -0.25) is 15.0 Å². The second kappa shape index (κ2) is 7.57. The van der Waals surface area contributed by atoms with E-state index in [0.717, 1.165) is 12.1 Å². The predicted octanol–water partition coefficient (Wildman–Crippen LogP) is 2.99. The highest BCUT2D eigenvalue weighted by molar-refractivity contribution is 5.85. The topological polar surface area (TPSA) is 72.4 Å². The van der Waals surface area contributed by atoms with Crippen molar-refractivity contribution < 1.29 is 4.92 Å². The van der Waals surface area contributed by atoms with Gasteiger partial charge in [0.2, 0.25) is 0 Å². The number of hydrogen-bond acceptors (Lipinski definition) is 4. The molecule has 114 valence electrons. The molecule has 1 atom stereocenters. The Morgan fingerprint density at radius 1 is 1.40 bits per heavy atom. The lowest BCUT2D eigenvalue weighted by molar-refractivity contribution is -0.386. The van der Waals surface area contributed by atoms with Crippen LogP contribution in [-0.4, -0.2) is 30.0 Å². The van der Waals surface area contributed by atoms with E-state index in [1.165, 1.54) is 0 Å². The average molecular weight is 302 g/mol. The number of rotatable bonds is 6. The van der Waals surface area contributed by atoms with Crippen molar-refractivity contribution in [3.05, 3.63) is 39.9 Å². The number of halogens is 1. The van der Waals surface area contributed by atoms with Gasteiger partial charge in [0.15, 0.2) is 0 Å². The zero-order valence-corrected chi connectivity index (χ0v) is 13.3. The van der Waals surface area contributed by atoms with Crippen molar-refractivity contribution in [2.45, 2.75) is 26.8 Å². The first kappa shape index (κ1) is 18.8.